The minimum absolute atomic E-state index is 0.165. The molecule has 0 aliphatic carbocycles. The van der Waals surface area contributed by atoms with E-state index in [4.69, 9.17) is 5.11 Å². The van der Waals surface area contributed by atoms with E-state index in [0.29, 0.717) is 5.56 Å². The molecule has 0 saturated heterocycles. The van der Waals surface area contributed by atoms with Crippen molar-refractivity contribution in [1.29, 1.82) is 0 Å². The van der Waals surface area contributed by atoms with E-state index in [2.05, 4.69) is 0 Å². The number of hydrogen-bond acceptors (Lipinski definition) is 3. The number of carboxylic acid groups (broad SMARTS) is 1. The van der Waals surface area contributed by atoms with Crippen LogP contribution in [-0.4, -0.2) is 18.1 Å². The molecule has 1 atom stereocenters. The number of nitrogens with zero attached hydrogens (tertiary/aromatic N) is 1. The number of rotatable bonds is 4. The van der Waals surface area contributed by atoms with Crippen LogP contribution in [-0.2, 0) is 0 Å². The molecule has 2 aromatic rings. The monoisotopic (exact) mass is 279 g/mol. The third-order valence-corrected chi connectivity index (χ3v) is 4.25. The second-order valence-electron chi connectivity index (χ2n) is 4.25. The molecule has 1 aromatic heterocycles. The van der Waals surface area contributed by atoms with Gasteiger partial charge in [-0.25, -0.2) is 9.18 Å². The Bertz CT molecular complexity index is 597. The van der Waals surface area contributed by atoms with Crippen LogP contribution in [0.1, 0.15) is 28.2 Å². The van der Waals surface area contributed by atoms with Gasteiger partial charge in [0.25, 0.3) is 0 Å². The highest BCUT2D eigenvalue weighted by Gasteiger charge is 2.18. The van der Waals surface area contributed by atoms with Crippen LogP contribution < -0.4 is 4.90 Å². The fourth-order valence-electron chi connectivity index (χ4n) is 1.85. The van der Waals surface area contributed by atoms with E-state index in [-0.39, 0.29) is 16.7 Å². The van der Waals surface area contributed by atoms with Gasteiger partial charge in [-0.1, -0.05) is 18.2 Å². The molecule has 19 heavy (non-hydrogen) atoms. The smallest absolute Gasteiger partial charge is 0.345 e. The maximum absolute atomic E-state index is 13.7. The number of thiophene rings is 1. The fourth-order valence-corrected chi connectivity index (χ4v) is 2.73. The molecule has 1 aromatic carbocycles. The maximum Gasteiger partial charge on any atom is 0.345 e. The van der Waals surface area contributed by atoms with Crippen molar-refractivity contribution in [2.45, 2.75) is 13.0 Å². The Balaban J connectivity index is 2.25. The summed E-state index contributed by atoms with van der Waals surface area (Å²) in [5.41, 5.74) is 0.593. The van der Waals surface area contributed by atoms with Crippen molar-refractivity contribution >= 4 is 22.3 Å². The lowest BCUT2D eigenvalue weighted by Crippen LogP contribution is -2.21. The lowest BCUT2D eigenvalue weighted by Gasteiger charge is -2.26. The molecular formula is C14H14FNO2S. The second kappa shape index (κ2) is 5.40. The Morgan fingerprint density at radius 3 is 2.58 bits per heavy atom. The van der Waals surface area contributed by atoms with Crippen molar-refractivity contribution in [3.63, 3.8) is 0 Å². The lowest BCUT2D eigenvalue weighted by molar-refractivity contribution is 0.0702. The lowest BCUT2D eigenvalue weighted by atomic mass is 10.1. The van der Waals surface area contributed by atoms with Crippen molar-refractivity contribution in [1.82, 2.24) is 0 Å². The Morgan fingerprint density at radius 1 is 1.32 bits per heavy atom. The van der Waals surface area contributed by atoms with Crippen molar-refractivity contribution in [2.75, 3.05) is 11.9 Å². The first kappa shape index (κ1) is 13.5. The first-order chi connectivity index (χ1) is 9.00. The first-order valence-electron chi connectivity index (χ1n) is 5.81. The molecule has 1 heterocycles. The number of halogens is 1. The normalized spacial score (nSPS) is 12.2. The summed E-state index contributed by atoms with van der Waals surface area (Å²) in [6, 6.07) is 9.75. The van der Waals surface area contributed by atoms with Crippen molar-refractivity contribution < 1.29 is 14.3 Å². The van der Waals surface area contributed by atoms with Gasteiger partial charge in [-0.15, -0.1) is 11.3 Å². The van der Waals surface area contributed by atoms with E-state index in [1.54, 1.807) is 30.3 Å². The van der Waals surface area contributed by atoms with Crippen LogP contribution >= 0.6 is 11.3 Å². The highest BCUT2D eigenvalue weighted by molar-refractivity contribution is 7.17. The quantitative estimate of drug-likeness (QED) is 0.925. The number of benzene rings is 1. The van der Waals surface area contributed by atoms with Crippen LogP contribution in [0.4, 0.5) is 9.39 Å². The van der Waals surface area contributed by atoms with Gasteiger partial charge in [-0.05, 0) is 25.1 Å². The van der Waals surface area contributed by atoms with Crippen LogP contribution in [0.3, 0.4) is 0 Å². The third-order valence-electron chi connectivity index (χ3n) is 3.09. The van der Waals surface area contributed by atoms with Crippen LogP contribution in [0.2, 0.25) is 0 Å². The molecule has 0 fully saturated rings. The van der Waals surface area contributed by atoms with E-state index in [1.165, 1.54) is 17.4 Å². The Hall–Kier alpha value is -1.88. The van der Waals surface area contributed by atoms with E-state index in [1.807, 2.05) is 18.9 Å². The molecule has 0 aliphatic heterocycles. The molecule has 5 heteroatoms. The topological polar surface area (TPSA) is 40.5 Å². The molecule has 0 spiro atoms. The standard InChI is InChI=1S/C14H14FNO2S/c1-9(10-5-3-4-6-11(10)15)16(2)13-8-7-12(19-13)14(17)18/h3-9H,1-2H3,(H,17,18). The molecule has 1 unspecified atom stereocenters. The number of aromatic carboxylic acids is 1. The Morgan fingerprint density at radius 2 is 2.00 bits per heavy atom. The highest BCUT2D eigenvalue weighted by atomic mass is 32.1. The average Bonchev–Trinajstić information content (AvgIpc) is 2.87. The summed E-state index contributed by atoms with van der Waals surface area (Å²) in [6.07, 6.45) is 0. The van der Waals surface area contributed by atoms with Gasteiger partial charge in [0.05, 0.1) is 11.0 Å². The molecule has 3 nitrogen and oxygen atoms in total. The molecule has 100 valence electrons. The zero-order valence-electron chi connectivity index (χ0n) is 10.6. The minimum Gasteiger partial charge on any atom is -0.477 e. The Kier molecular flexibility index (Phi) is 3.85. The maximum atomic E-state index is 13.7. The molecule has 0 saturated carbocycles. The van der Waals surface area contributed by atoms with Crippen LogP contribution in [0.15, 0.2) is 36.4 Å². The summed E-state index contributed by atoms with van der Waals surface area (Å²) < 4.78 is 13.7. The second-order valence-corrected chi connectivity index (χ2v) is 5.31. The number of carboxylic acids is 1. The molecule has 2 rings (SSSR count). The average molecular weight is 279 g/mol. The summed E-state index contributed by atoms with van der Waals surface area (Å²) in [7, 11) is 1.83. The predicted octanol–water partition coefficient (Wildman–Crippen LogP) is 3.78. The number of carbonyl (C=O) groups is 1. The third kappa shape index (κ3) is 2.76. The largest absolute Gasteiger partial charge is 0.477 e. The summed E-state index contributed by atoms with van der Waals surface area (Å²) in [5, 5.41) is 9.71. The van der Waals surface area contributed by atoms with Gasteiger partial charge in [0.2, 0.25) is 0 Å². The number of anilines is 1. The van der Waals surface area contributed by atoms with Crippen LogP contribution in [0, 0.1) is 5.82 Å². The van der Waals surface area contributed by atoms with Crippen molar-refractivity contribution in [2.24, 2.45) is 0 Å². The zero-order valence-corrected chi connectivity index (χ0v) is 11.4. The van der Waals surface area contributed by atoms with Gasteiger partial charge in [0, 0.05) is 12.6 Å². The van der Waals surface area contributed by atoms with Gasteiger partial charge in [-0.2, -0.15) is 0 Å². The zero-order chi connectivity index (χ0) is 14.0. The van der Waals surface area contributed by atoms with E-state index in [9.17, 15) is 9.18 Å². The van der Waals surface area contributed by atoms with Crippen molar-refractivity contribution in [3.8, 4) is 0 Å². The molecule has 1 N–H and O–H groups in total. The highest BCUT2D eigenvalue weighted by Crippen LogP contribution is 2.32. The van der Waals surface area contributed by atoms with Gasteiger partial charge in [0.1, 0.15) is 10.7 Å². The summed E-state index contributed by atoms with van der Waals surface area (Å²) >= 11 is 1.18. The molecule has 0 aliphatic rings. The summed E-state index contributed by atoms with van der Waals surface area (Å²) in [6.45, 7) is 1.89. The molecule has 0 bridgehead atoms. The van der Waals surface area contributed by atoms with Gasteiger partial charge in [-0.3, -0.25) is 0 Å². The summed E-state index contributed by atoms with van der Waals surface area (Å²) in [4.78, 5) is 13.0. The van der Waals surface area contributed by atoms with Crippen LogP contribution in [0.25, 0.3) is 0 Å². The molecular weight excluding hydrogens is 265 g/mol. The van der Waals surface area contributed by atoms with E-state index < -0.39 is 5.97 Å². The fraction of sp³-hybridized carbons (Fsp3) is 0.214. The number of hydrogen-bond donors (Lipinski definition) is 1. The van der Waals surface area contributed by atoms with Crippen LogP contribution in [0.5, 0.6) is 0 Å². The first-order valence-corrected chi connectivity index (χ1v) is 6.62. The molecule has 0 amide bonds. The van der Waals surface area contributed by atoms with Gasteiger partial charge >= 0.3 is 5.97 Å². The summed E-state index contributed by atoms with van der Waals surface area (Å²) in [5.74, 6) is -1.19. The van der Waals surface area contributed by atoms with E-state index >= 15 is 0 Å². The Labute approximate surface area is 114 Å². The van der Waals surface area contributed by atoms with Gasteiger partial charge in [0.15, 0.2) is 0 Å². The SMILES string of the molecule is CC(c1ccccc1F)N(C)c1ccc(C(=O)O)s1. The predicted molar refractivity (Wildman–Crippen MR) is 74.5 cm³/mol. The minimum atomic E-state index is -0.941. The van der Waals surface area contributed by atoms with Crippen molar-refractivity contribution in [3.05, 3.63) is 52.7 Å². The van der Waals surface area contributed by atoms with Gasteiger partial charge < -0.3 is 10.0 Å². The van der Waals surface area contributed by atoms with E-state index in [0.717, 1.165) is 5.00 Å². The molecule has 0 radical (unpaired) electrons.